The van der Waals surface area contributed by atoms with Gasteiger partial charge in [0.25, 0.3) is 0 Å². The summed E-state index contributed by atoms with van der Waals surface area (Å²) in [5, 5.41) is 9.73. The monoisotopic (exact) mass is 266 g/mol. The second-order valence-corrected chi connectivity index (χ2v) is 6.07. The lowest BCUT2D eigenvalue weighted by Gasteiger charge is -2.21. The molecule has 0 radical (unpaired) electrons. The quantitative estimate of drug-likeness (QED) is 0.786. The summed E-state index contributed by atoms with van der Waals surface area (Å²) in [4.78, 5) is 14.2. The molecule has 0 bridgehead atoms. The normalized spacial score (nSPS) is 10.8. The third kappa shape index (κ3) is 4.76. The van der Waals surface area contributed by atoms with Gasteiger partial charge >= 0.3 is 5.97 Å². The molecule has 1 heterocycles. The predicted octanol–water partition coefficient (Wildman–Crippen LogP) is 2.79. The zero-order valence-electron chi connectivity index (χ0n) is 11.2. The fourth-order valence-corrected chi connectivity index (χ4v) is 2.14. The Hall–Kier alpha value is -1.54. The summed E-state index contributed by atoms with van der Waals surface area (Å²) in [5.74, 6) is -0.202. The topological polar surface area (TPSA) is 53.3 Å². The smallest absolute Gasteiger partial charge is 0.308 e. The second kappa shape index (κ2) is 5.87. The Morgan fingerprint density at radius 2 is 2.17 bits per heavy atom. The number of carbonyl (C=O) groups is 1. The molecule has 0 N–H and O–H groups in total. The number of hydrogen-bond acceptors (Lipinski definition) is 5. The molecule has 0 aliphatic carbocycles. The first-order chi connectivity index (χ1) is 8.31. The van der Waals surface area contributed by atoms with Crippen LogP contribution in [0.2, 0.25) is 0 Å². The summed E-state index contributed by atoms with van der Waals surface area (Å²) in [6.45, 7) is 6.15. The SMILES string of the molecule is CN(CCC(=O)OC(C)(C)C)c1ccc(C#N)s1. The Kier molecular flexibility index (Phi) is 4.74. The third-order valence-electron chi connectivity index (χ3n) is 2.15. The van der Waals surface area contributed by atoms with Crippen molar-refractivity contribution in [2.24, 2.45) is 0 Å². The highest BCUT2D eigenvalue weighted by Gasteiger charge is 2.16. The Labute approximate surface area is 112 Å². The Morgan fingerprint density at radius 1 is 1.50 bits per heavy atom. The van der Waals surface area contributed by atoms with Crippen molar-refractivity contribution in [1.29, 1.82) is 5.26 Å². The highest BCUT2D eigenvalue weighted by molar-refractivity contribution is 7.16. The molecule has 1 aromatic heterocycles. The van der Waals surface area contributed by atoms with E-state index in [0.29, 0.717) is 17.8 Å². The predicted molar refractivity (Wildman–Crippen MR) is 72.8 cm³/mol. The number of anilines is 1. The van der Waals surface area contributed by atoms with Gasteiger partial charge in [-0.25, -0.2) is 0 Å². The van der Waals surface area contributed by atoms with Gasteiger partial charge in [0, 0.05) is 13.6 Å². The van der Waals surface area contributed by atoms with Gasteiger partial charge in [0.15, 0.2) is 0 Å². The molecule has 98 valence electrons. The molecule has 1 aromatic rings. The van der Waals surface area contributed by atoms with Gasteiger partial charge in [-0.3, -0.25) is 4.79 Å². The van der Waals surface area contributed by atoms with E-state index in [0.717, 1.165) is 5.00 Å². The summed E-state index contributed by atoms with van der Waals surface area (Å²) >= 11 is 1.42. The summed E-state index contributed by atoms with van der Waals surface area (Å²) in [7, 11) is 1.90. The van der Waals surface area contributed by atoms with Crippen molar-refractivity contribution in [2.45, 2.75) is 32.8 Å². The van der Waals surface area contributed by atoms with Crippen LogP contribution in [0.4, 0.5) is 5.00 Å². The molecule has 1 rings (SSSR count). The number of thiophene rings is 1. The largest absolute Gasteiger partial charge is 0.460 e. The van der Waals surface area contributed by atoms with Gasteiger partial charge in [-0.15, -0.1) is 11.3 Å². The molecule has 5 heteroatoms. The molecule has 0 saturated heterocycles. The van der Waals surface area contributed by atoms with Gasteiger partial charge in [0.2, 0.25) is 0 Å². The lowest BCUT2D eigenvalue weighted by Crippen LogP contribution is -2.27. The number of rotatable bonds is 4. The fraction of sp³-hybridized carbons (Fsp3) is 0.538. The van der Waals surface area contributed by atoms with Crippen molar-refractivity contribution in [3.8, 4) is 6.07 Å². The molecule has 0 fully saturated rings. The Morgan fingerprint density at radius 3 is 2.67 bits per heavy atom. The lowest BCUT2D eigenvalue weighted by molar-refractivity contribution is -0.154. The van der Waals surface area contributed by atoms with Gasteiger partial charge in [0.1, 0.15) is 16.5 Å². The van der Waals surface area contributed by atoms with Crippen LogP contribution >= 0.6 is 11.3 Å². The van der Waals surface area contributed by atoms with E-state index in [1.807, 2.05) is 38.8 Å². The first-order valence-electron chi connectivity index (χ1n) is 5.75. The minimum Gasteiger partial charge on any atom is -0.460 e. The van der Waals surface area contributed by atoms with Crippen LogP contribution in [0.1, 0.15) is 32.1 Å². The molecule has 0 atom stereocenters. The summed E-state index contributed by atoms with van der Waals surface area (Å²) in [6.07, 6.45) is 0.341. The first-order valence-corrected chi connectivity index (χ1v) is 6.56. The zero-order chi connectivity index (χ0) is 13.8. The van der Waals surface area contributed by atoms with Crippen LogP contribution in [0.3, 0.4) is 0 Å². The maximum absolute atomic E-state index is 11.6. The molecule has 4 nitrogen and oxygen atoms in total. The second-order valence-electron chi connectivity index (χ2n) is 5.01. The van der Waals surface area contributed by atoms with Crippen LogP contribution in [0.25, 0.3) is 0 Å². The minimum atomic E-state index is -0.438. The first kappa shape index (κ1) is 14.5. The number of esters is 1. The van der Waals surface area contributed by atoms with E-state index in [4.69, 9.17) is 10.00 Å². The number of hydrogen-bond donors (Lipinski definition) is 0. The van der Waals surface area contributed by atoms with E-state index in [-0.39, 0.29) is 5.97 Å². The van der Waals surface area contributed by atoms with E-state index in [1.54, 1.807) is 6.07 Å². The standard InChI is InChI=1S/C13H18N2O2S/c1-13(2,3)17-12(16)7-8-15(4)11-6-5-10(9-14)18-11/h5-6H,7-8H2,1-4H3. The van der Waals surface area contributed by atoms with Crippen molar-refractivity contribution < 1.29 is 9.53 Å². The maximum Gasteiger partial charge on any atom is 0.308 e. The molecule has 0 amide bonds. The maximum atomic E-state index is 11.6. The molecule has 18 heavy (non-hydrogen) atoms. The number of nitrogens with zero attached hydrogens (tertiary/aromatic N) is 2. The van der Waals surface area contributed by atoms with Crippen molar-refractivity contribution in [1.82, 2.24) is 0 Å². The summed E-state index contributed by atoms with van der Waals surface area (Å²) in [6, 6.07) is 5.77. The van der Waals surface area contributed by atoms with Gasteiger partial charge in [-0.05, 0) is 32.9 Å². The van der Waals surface area contributed by atoms with Crippen molar-refractivity contribution in [3.05, 3.63) is 17.0 Å². The van der Waals surface area contributed by atoms with Crippen LogP contribution in [0.5, 0.6) is 0 Å². The zero-order valence-corrected chi connectivity index (χ0v) is 12.0. The molecule has 0 aliphatic rings. The molecule has 0 saturated carbocycles. The van der Waals surface area contributed by atoms with E-state index in [9.17, 15) is 4.79 Å². The van der Waals surface area contributed by atoms with E-state index in [2.05, 4.69) is 6.07 Å². The van der Waals surface area contributed by atoms with E-state index < -0.39 is 5.60 Å². The Balaban J connectivity index is 2.44. The number of carbonyl (C=O) groups excluding carboxylic acids is 1. The van der Waals surface area contributed by atoms with Crippen LogP contribution in [-0.2, 0) is 9.53 Å². The average Bonchev–Trinajstić information content (AvgIpc) is 2.72. The average molecular weight is 266 g/mol. The summed E-state index contributed by atoms with van der Waals surface area (Å²) in [5.41, 5.74) is -0.438. The highest BCUT2D eigenvalue weighted by Crippen LogP contribution is 2.24. The van der Waals surface area contributed by atoms with Crippen molar-refractivity contribution in [3.63, 3.8) is 0 Å². The molecule has 0 unspecified atom stereocenters. The molecular formula is C13H18N2O2S. The number of nitriles is 1. The van der Waals surface area contributed by atoms with Gasteiger partial charge in [-0.2, -0.15) is 5.26 Å². The lowest BCUT2D eigenvalue weighted by atomic mass is 10.2. The van der Waals surface area contributed by atoms with Crippen LogP contribution in [0, 0.1) is 11.3 Å². The third-order valence-corrected chi connectivity index (χ3v) is 3.25. The Bertz CT molecular complexity index is 454. The van der Waals surface area contributed by atoms with Crippen molar-refractivity contribution >= 4 is 22.3 Å². The molecule has 0 aromatic carbocycles. The van der Waals surface area contributed by atoms with Crippen LogP contribution in [-0.4, -0.2) is 25.2 Å². The van der Waals surface area contributed by atoms with Gasteiger partial charge in [0.05, 0.1) is 11.4 Å². The van der Waals surface area contributed by atoms with E-state index in [1.165, 1.54) is 11.3 Å². The van der Waals surface area contributed by atoms with E-state index >= 15 is 0 Å². The fourth-order valence-electron chi connectivity index (χ4n) is 1.35. The number of ether oxygens (including phenoxy) is 1. The molecule has 0 spiro atoms. The van der Waals surface area contributed by atoms with Crippen LogP contribution < -0.4 is 4.90 Å². The van der Waals surface area contributed by atoms with Gasteiger partial charge < -0.3 is 9.64 Å². The molecular weight excluding hydrogens is 248 g/mol. The van der Waals surface area contributed by atoms with Crippen LogP contribution in [0.15, 0.2) is 12.1 Å². The molecule has 0 aliphatic heterocycles. The summed E-state index contributed by atoms with van der Waals surface area (Å²) < 4.78 is 5.24. The minimum absolute atomic E-state index is 0.202. The van der Waals surface area contributed by atoms with Gasteiger partial charge in [-0.1, -0.05) is 0 Å². The highest BCUT2D eigenvalue weighted by atomic mass is 32.1. The van der Waals surface area contributed by atoms with Crippen molar-refractivity contribution in [2.75, 3.05) is 18.5 Å².